The molecule has 0 unspecified atom stereocenters. The second kappa shape index (κ2) is 6.41. The molecule has 1 aliphatic rings. The number of furan rings is 1. The van der Waals surface area contributed by atoms with E-state index in [2.05, 4.69) is 5.32 Å². The van der Waals surface area contributed by atoms with Crippen LogP contribution in [0.2, 0.25) is 0 Å². The molecule has 6 nitrogen and oxygen atoms in total. The van der Waals surface area contributed by atoms with Crippen LogP contribution in [-0.2, 0) is 21.2 Å². The van der Waals surface area contributed by atoms with Crippen LogP contribution in [0.5, 0.6) is 0 Å². The molecule has 0 saturated carbocycles. The fraction of sp³-hybridized carbons (Fsp3) is 0.615. The average molecular weight is 300 g/mol. The summed E-state index contributed by atoms with van der Waals surface area (Å²) in [5.41, 5.74) is 0. The second-order valence-corrected chi connectivity index (χ2v) is 7.04. The molecule has 2 heterocycles. The van der Waals surface area contributed by atoms with Gasteiger partial charge in [0, 0.05) is 32.0 Å². The monoisotopic (exact) mass is 300 g/mol. The topological polar surface area (TPSA) is 79.6 Å². The quantitative estimate of drug-likeness (QED) is 0.864. The molecule has 1 aromatic rings. The molecule has 1 amide bonds. The first kappa shape index (κ1) is 15.1. The molecule has 0 bridgehead atoms. The molecule has 7 heteroatoms. The van der Waals surface area contributed by atoms with E-state index in [4.69, 9.17) is 4.42 Å². The summed E-state index contributed by atoms with van der Waals surface area (Å²) in [4.78, 5) is 12.0. The van der Waals surface area contributed by atoms with Gasteiger partial charge < -0.3 is 9.73 Å². The van der Waals surface area contributed by atoms with E-state index in [0.717, 1.165) is 5.76 Å². The van der Waals surface area contributed by atoms with Crippen LogP contribution < -0.4 is 5.32 Å². The van der Waals surface area contributed by atoms with Crippen molar-refractivity contribution in [2.45, 2.75) is 19.3 Å². The zero-order valence-corrected chi connectivity index (χ0v) is 12.4. The highest BCUT2D eigenvalue weighted by atomic mass is 32.2. The summed E-state index contributed by atoms with van der Waals surface area (Å²) in [6, 6.07) is 3.69. The molecule has 0 spiro atoms. The van der Waals surface area contributed by atoms with E-state index in [1.807, 2.05) is 12.1 Å². The van der Waals surface area contributed by atoms with Gasteiger partial charge in [-0.2, -0.15) is 0 Å². The van der Waals surface area contributed by atoms with Gasteiger partial charge in [-0.3, -0.25) is 4.79 Å². The Balaban J connectivity index is 1.72. The molecule has 112 valence electrons. The highest BCUT2D eigenvalue weighted by molar-refractivity contribution is 7.88. The zero-order valence-electron chi connectivity index (χ0n) is 11.5. The van der Waals surface area contributed by atoms with Crippen LogP contribution in [0.25, 0.3) is 0 Å². The Kier molecular flexibility index (Phi) is 4.82. The number of rotatable bonds is 5. The molecule has 0 aliphatic carbocycles. The zero-order chi connectivity index (χ0) is 14.6. The standard InChI is InChI=1S/C13H20N2O4S/c1-20(17,18)15-8-5-11(6-9-15)13(16)14-7-4-12-3-2-10-19-12/h2-3,10-11H,4-9H2,1H3,(H,14,16). The minimum Gasteiger partial charge on any atom is -0.469 e. The molecule has 1 aliphatic heterocycles. The number of carbonyl (C=O) groups is 1. The van der Waals surface area contributed by atoms with Gasteiger partial charge in [-0.05, 0) is 25.0 Å². The van der Waals surface area contributed by atoms with Crippen molar-refractivity contribution in [1.82, 2.24) is 9.62 Å². The van der Waals surface area contributed by atoms with E-state index >= 15 is 0 Å². The van der Waals surface area contributed by atoms with E-state index in [-0.39, 0.29) is 11.8 Å². The third kappa shape index (κ3) is 4.08. The van der Waals surface area contributed by atoms with Gasteiger partial charge in [0.1, 0.15) is 5.76 Å². The van der Waals surface area contributed by atoms with Crippen LogP contribution >= 0.6 is 0 Å². The molecule has 1 fully saturated rings. The SMILES string of the molecule is CS(=O)(=O)N1CCC(C(=O)NCCc2ccco2)CC1. The molecule has 1 N–H and O–H groups in total. The van der Waals surface area contributed by atoms with E-state index in [9.17, 15) is 13.2 Å². The Morgan fingerprint density at radius 3 is 2.70 bits per heavy atom. The van der Waals surface area contributed by atoms with E-state index < -0.39 is 10.0 Å². The van der Waals surface area contributed by atoms with Crippen LogP contribution in [0.15, 0.2) is 22.8 Å². The van der Waals surface area contributed by atoms with Gasteiger partial charge >= 0.3 is 0 Å². The lowest BCUT2D eigenvalue weighted by Crippen LogP contribution is -2.42. The third-order valence-electron chi connectivity index (χ3n) is 3.54. The Morgan fingerprint density at radius 1 is 1.45 bits per heavy atom. The predicted octanol–water partition coefficient (Wildman–Crippen LogP) is 0.610. The average Bonchev–Trinajstić information content (AvgIpc) is 2.91. The maximum Gasteiger partial charge on any atom is 0.223 e. The largest absolute Gasteiger partial charge is 0.469 e. The number of hydrogen-bond acceptors (Lipinski definition) is 4. The van der Waals surface area contributed by atoms with Gasteiger partial charge in [0.05, 0.1) is 12.5 Å². The van der Waals surface area contributed by atoms with E-state index in [0.29, 0.717) is 38.9 Å². The van der Waals surface area contributed by atoms with Crippen LogP contribution in [0.4, 0.5) is 0 Å². The van der Waals surface area contributed by atoms with Gasteiger partial charge in [-0.25, -0.2) is 12.7 Å². The molecule has 1 saturated heterocycles. The van der Waals surface area contributed by atoms with Crippen LogP contribution in [0, 0.1) is 5.92 Å². The number of nitrogens with zero attached hydrogens (tertiary/aromatic N) is 1. The number of nitrogens with one attached hydrogen (secondary N) is 1. The van der Waals surface area contributed by atoms with Gasteiger partial charge in [-0.15, -0.1) is 0 Å². The Hall–Kier alpha value is -1.34. The number of sulfonamides is 1. The minimum absolute atomic E-state index is 0.00436. The van der Waals surface area contributed by atoms with Gasteiger partial charge in [0.25, 0.3) is 0 Å². The van der Waals surface area contributed by atoms with Crippen molar-refractivity contribution in [3.05, 3.63) is 24.2 Å². The van der Waals surface area contributed by atoms with Crippen molar-refractivity contribution in [2.24, 2.45) is 5.92 Å². The van der Waals surface area contributed by atoms with Gasteiger partial charge in [0.15, 0.2) is 0 Å². The molecule has 2 rings (SSSR count). The first-order valence-corrected chi connectivity index (χ1v) is 8.57. The Labute approximate surface area is 119 Å². The first-order valence-electron chi connectivity index (χ1n) is 6.72. The van der Waals surface area contributed by atoms with Crippen LogP contribution in [0.1, 0.15) is 18.6 Å². The van der Waals surface area contributed by atoms with Crippen molar-refractivity contribution in [3.63, 3.8) is 0 Å². The molecule has 0 atom stereocenters. The number of amides is 1. The van der Waals surface area contributed by atoms with Gasteiger partial charge in [-0.1, -0.05) is 0 Å². The second-order valence-electron chi connectivity index (χ2n) is 5.06. The smallest absolute Gasteiger partial charge is 0.223 e. The lowest BCUT2D eigenvalue weighted by molar-refractivity contribution is -0.126. The summed E-state index contributed by atoms with van der Waals surface area (Å²) >= 11 is 0. The van der Waals surface area contributed by atoms with Crippen LogP contribution in [-0.4, -0.2) is 44.5 Å². The predicted molar refractivity (Wildman–Crippen MR) is 74.6 cm³/mol. The lowest BCUT2D eigenvalue weighted by atomic mass is 9.97. The molecule has 1 aromatic heterocycles. The number of piperidine rings is 1. The summed E-state index contributed by atoms with van der Waals surface area (Å²) in [7, 11) is -3.13. The molecule has 20 heavy (non-hydrogen) atoms. The van der Waals surface area contributed by atoms with Crippen molar-refractivity contribution in [2.75, 3.05) is 25.9 Å². The highest BCUT2D eigenvalue weighted by Crippen LogP contribution is 2.19. The van der Waals surface area contributed by atoms with Crippen molar-refractivity contribution in [3.8, 4) is 0 Å². The van der Waals surface area contributed by atoms with Gasteiger partial charge in [0.2, 0.25) is 15.9 Å². The van der Waals surface area contributed by atoms with Crippen molar-refractivity contribution < 1.29 is 17.6 Å². The maximum absolute atomic E-state index is 12.0. The first-order chi connectivity index (χ1) is 9.47. The Morgan fingerprint density at radius 2 is 2.15 bits per heavy atom. The summed E-state index contributed by atoms with van der Waals surface area (Å²) < 4.78 is 29.4. The number of hydrogen-bond donors (Lipinski definition) is 1. The summed E-state index contributed by atoms with van der Waals surface area (Å²) in [5, 5.41) is 2.88. The van der Waals surface area contributed by atoms with E-state index in [1.54, 1.807) is 6.26 Å². The summed E-state index contributed by atoms with van der Waals surface area (Å²) in [5.74, 6) is 0.756. The Bertz CT molecular complexity index is 531. The number of carbonyl (C=O) groups excluding carboxylic acids is 1. The van der Waals surface area contributed by atoms with Crippen molar-refractivity contribution >= 4 is 15.9 Å². The fourth-order valence-corrected chi connectivity index (χ4v) is 3.23. The summed E-state index contributed by atoms with van der Waals surface area (Å²) in [6.45, 7) is 1.39. The van der Waals surface area contributed by atoms with Crippen LogP contribution in [0.3, 0.4) is 0 Å². The van der Waals surface area contributed by atoms with Crippen molar-refractivity contribution in [1.29, 1.82) is 0 Å². The lowest BCUT2D eigenvalue weighted by Gasteiger charge is -2.29. The molecular formula is C13H20N2O4S. The summed E-state index contributed by atoms with van der Waals surface area (Å²) in [6.07, 6.45) is 4.65. The highest BCUT2D eigenvalue weighted by Gasteiger charge is 2.28. The molecule has 0 radical (unpaired) electrons. The maximum atomic E-state index is 12.0. The third-order valence-corrected chi connectivity index (χ3v) is 4.85. The van der Waals surface area contributed by atoms with E-state index in [1.165, 1.54) is 10.6 Å². The molecular weight excluding hydrogens is 280 g/mol. The molecule has 0 aromatic carbocycles. The fourth-order valence-electron chi connectivity index (χ4n) is 2.36. The minimum atomic E-state index is -3.13. The normalized spacial score (nSPS) is 18.1.